The zero-order valence-corrected chi connectivity index (χ0v) is 12.5. The predicted octanol–water partition coefficient (Wildman–Crippen LogP) is 1.08. The molecule has 0 aromatic heterocycles. The molecule has 1 aromatic carbocycles. The summed E-state index contributed by atoms with van der Waals surface area (Å²) in [5.41, 5.74) is 6.14. The summed E-state index contributed by atoms with van der Waals surface area (Å²) < 4.78 is 37.4. The third-order valence-corrected chi connectivity index (χ3v) is 5.40. The second kappa shape index (κ2) is 5.99. The Bertz CT molecular complexity index is 574. The van der Waals surface area contributed by atoms with Gasteiger partial charge in [-0.3, -0.25) is 0 Å². The normalized spacial score (nSPS) is 20.8. The van der Waals surface area contributed by atoms with Crippen LogP contribution in [0.2, 0.25) is 0 Å². The molecule has 20 heavy (non-hydrogen) atoms. The highest BCUT2D eigenvalue weighted by molar-refractivity contribution is 7.89. The van der Waals surface area contributed by atoms with Crippen molar-refractivity contribution in [3.05, 3.63) is 18.2 Å². The topological polar surface area (TPSA) is 81.9 Å². The fourth-order valence-electron chi connectivity index (χ4n) is 2.26. The number of nitrogens with zero attached hydrogens (tertiary/aromatic N) is 1. The van der Waals surface area contributed by atoms with Gasteiger partial charge in [-0.1, -0.05) is 6.92 Å². The lowest BCUT2D eigenvalue weighted by Crippen LogP contribution is -2.48. The quantitative estimate of drug-likeness (QED) is 0.841. The van der Waals surface area contributed by atoms with Crippen LogP contribution in [0.25, 0.3) is 0 Å². The molecule has 1 saturated heterocycles. The largest absolute Gasteiger partial charge is 0.495 e. The summed E-state index contributed by atoms with van der Waals surface area (Å²) in [4.78, 5) is 0.198. The van der Waals surface area contributed by atoms with Crippen LogP contribution in [-0.2, 0) is 14.8 Å². The molecule has 0 aliphatic carbocycles. The van der Waals surface area contributed by atoms with Crippen LogP contribution in [0.4, 0.5) is 5.69 Å². The standard InChI is InChI=1S/C13H20N2O4S/c1-3-10-9-19-7-6-15(10)20(16,17)11-4-5-12(14)13(8-11)18-2/h4-5,8,10H,3,6-7,9,14H2,1-2H3. The van der Waals surface area contributed by atoms with Gasteiger partial charge in [-0.2, -0.15) is 4.31 Å². The smallest absolute Gasteiger partial charge is 0.243 e. The van der Waals surface area contributed by atoms with Gasteiger partial charge in [0.1, 0.15) is 5.75 Å². The summed E-state index contributed by atoms with van der Waals surface area (Å²) in [6.07, 6.45) is 0.714. The molecule has 1 fully saturated rings. The van der Waals surface area contributed by atoms with Crippen molar-refractivity contribution in [3.8, 4) is 5.75 Å². The molecule has 0 radical (unpaired) electrons. The van der Waals surface area contributed by atoms with Crippen molar-refractivity contribution in [2.75, 3.05) is 32.6 Å². The maximum atomic E-state index is 12.7. The molecule has 1 aliphatic heterocycles. The lowest BCUT2D eigenvalue weighted by Gasteiger charge is -2.34. The van der Waals surface area contributed by atoms with Gasteiger partial charge in [0.15, 0.2) is 0 Å². The highest BCUT2D eigenvalue weighted by Gasteiger charge is 2.33. The lowest BCUT2D eigenvalue weighted by atomic mass is 10.2. The van der Waals surface area contributed by atoms with Crippen molar-refractivity contribution in [3.63, 3.8) is 0 Å². The number of benzene rings is 1. The fraction of sp³-hybridized carbons (Fsp3) is 0.538. The van der Waals surface area contributed by atoms with Gasteiger partial charge in [-0.15, -0.1) is 0 Å². The van der Waals surface area contributed by atoms with E-state index in [9.17, 15) is 8.42 Å². The van der Waals surface area contributed by atoms with Gasteiger partial charge < -0.3 is 15.2 Å². The first-order valence-corrected chi connectivity index (χ1v) is 7.97. The molecule has 7 heteroatoms. The zero-order valence-electron chi connectivity index (χ0n) is 11.7. The number of morpholine rings is 1. The minimum Gasteiger partial charge on any atom is -0.495 e. The summed E-state index contributed by atoms with van der Waals surface area (Å²) >= 11 is 0. The molecular formula is C13H20N2O4S. The average Bonchev–Trinajstić information content (AvgIpc) is 2.47. The molecule has 112 valence electrons. The number of hydrogen-bond acceptors (Lipinski definition) is 5. The molecule has 1 aromatic rings. The first kappa shape index (κ1) is 15.1. The Kier molecular flexibility index (Phi) is 4.52. The van der Waals surface area contributed by atoms with E-state index in [-0.39, 0.29) is 10.9 Å². The van der Waals surface area contributed by atoms with Crippen LogP contribution in [0, 0.1) is 0 Å². The average molecular weight is 300 g/mol. The highest BCUT2D eigenvalue weighted by Crippen LogP contribution is 2.28. The highest BCUT2D eigenvalue weighted by atomic mass is 32.2. The van der Waals surface area contributed by atoms with Crippen LogP contribution in [-0.4, -0.2) is 45.6 Å². The van der Waals surface area contributed by atoms with Crippen molar-refractivity contribution in [2.45, 2.75) is 24.3 Å². The second-order valence-electron chi connectivity index (χ2n) is 4.66. The Hall–Kier alpha value is -1.31. The molecule has 0 saturated carbocycles. The number of sulfonamides is 1. The van der Waals surface area contributed by atoms with Gasteiger partial charge in [0.2, 0.25) is 10.0 Å². The third kappa shape index (κ3) is 2.74. The van der Waals surface area contributed by atoms with Gasteiger partial charge >= 0.3 is 0 Å². The fourth-order valence-corrected chi connectivity index (χ4v) is 3.95. The van der Waals surface area contributed by atoms with E-state index >= 15 is 0 Å². The van der Waals surface area contributed by atoms with Crippen molar-refractivity contribution >= 4 is 15.7 Å². The number of methoxy groups -OCH3 is 1. The van der Waals surface area contributed by atoms with Gasteiger partial charge in [-0.05, 0) is 18.6 Å². The summed E-state index contributed by atoms with van der Waals surface area (Å²) in [6.45, 7) is 3.17. The van der Waals surface area contributed by atoms with E-state index < -0.39 is 10.0 Å². The molecule has 1 heterocycles. The molecular weight excluding hydrogens is 280 g/mol. The predicted molar refractivity (Wildman–Crippen MR) is 76.2 cm³/mol. The summed E-state index contributed by atoms with van der Waals surface area (Å²) in [6, 6.07) is 4.40. The number of nitrogens with two attached hydrogens (primary N) is 1. The van der Waals surface area contributed by atoms with E-state index in [1.54, 1.807) is 6.07 Å². The Morgan fingerprint density at radius 3 is 2.90 bits per heavy atom. The van der Waals surface area contributed by atoms with Crippen LogP contribution >= 0.6 is 0 Å². The molecule has 6 nitrogen and oxygen atoms in total. The van der Waals surface area contributed by atoms with Crippen LogP contribution in [0.15, 0.2) is 23.1 Å². The Morgan fingerprint density at radius 1 is 1.50 bits per heavy atom. The Balaban J connectivity index is 2.38. The first-order chi connectivity index (χ1) is 9.50. The van der Waals surface area contributed by atoms with E-state index in [0.29, 0.717) is 37.6 Å². The number of hydrogen-bond donors (Lipinski definition) is 1. The van der Waals surface area contributed by atoms with Crippen LogP contribution in [0.1, 0.15) is 13.3 Å². The summed E-state index contributed by atoms with van der Waals surface area (Å²) in [7, 11) is -2.09. The maximum Gasteiger partial charge on any atom is 0.243 e. The lowest BCUT2D eigenvalue weighted by molar-refractivity contribution is 0.0314. The van der Waals surface area contributed by atoms with Crippen molar-refractivity contribution in [1.29, 1.82) is 0 Å². The van der Waals surface area contributed by atoms with E-state index in [2.05, 4.69) is 0 Å². The minimum absolute atomic E-state index is 0.128. The van der Waals surface area contributed by atoms with E-state index in [4.69, 9.17) is 15.2 Å². The number of nitrogen functional groups attached to an aromatic ring is 1. The van der Waals surface area contributed by atoms with Crippen LogP contribution in [0.3, 0.4) is 0 Å². The van der Waals surface area contributed by atoms with Gasteiger partial charge in [0.05, 0.1) is 30.9 Å². The van der Waals surface area contributed by atoms with Gasteiger partial charge in [0.25, 0.3) is 0 Å². The van der Waals surface area contributed by atoms with Crippen LogP contribution < -0.4 is 10.5 Å². The molecule has 0 amide bonds. The molecule has 0 bridgehead atoms. The van der Waals surface area contributed by atoms with Crippen LogP contribution in [0.5, 0.6) is 5.75 Å². The molecule has 0 spiro atoms. The Labute approximate surface area is 119 Å². The van der Waals surface area contributed by atoms with Gasteiger partial charge in [0, 0.05) is 18.7 Å². The van der Waals surface area contributed by atoms with E-state index in [1.165, 1.54) is 23.5 Å². The number of rotatable bonds is 4. The van der Waals surface area contributed by atoms with Crippen molar-refractivity contribution in [2.24, 2.45) is 0 Å². The van der Waals surface area contributed by atoms with Gasteiger partial charge in [-0.25, -0.2) is 8.42 Å². The summed E-state index contributed by atoms with van der Waals surface area (Å²) in [5.74, 6) is 0.368. The zero-order chi connectivity index (χ0) is 14.8. The first-order valence-electron chi connectivity index (χ1n) is 6.53. The molecule has 1 aliphatic rings. The third-order valence-electron chi connectivity index (χ3n) is 3.46. The SMILES string of the molecule is CCC1COCCN1S(=O)(=O)c1ccc(N)c(OC)c1. The molecule has 1 unspecified atom stereocenters. The maximum absolute atomic E-state index is 12.7. The monoisotopic (exact) mass is 300 g/mol. The van der Waals surface area contributed by atoms with E-state index in [1.807, 2.05) is 6.92 Å². The molecule has 2 N–H and O–H groups in total. The summed E-state index contributed by atoms with van der Waals surface area (Å²) in [5, 5.41) is 0. The number of ether oxygens (including phenoxy) is 2. The van der Waals surface area contributed by atoms with E-state index in [0.717, 1.165) is 0 Å². The van der Waals surface area contributed by atoms with Crippen molar-refractivity contribution < 1.29 is 17.9 Å². The molecule has 1 atom stereocenters. The number of anilines is 1. The molecule has 2 rings (SSSR count). The van der Waals surface area contributed by atoms with Crippen molar-refractivity contribution in [1.82, 2.24) is 4.31 Å². The Morgan fingerprint density at radius 2 is 2.25 bits per heavy atom. The minimum atomic E-state index is -3.55. The second-order valence-corrected chi connectivity index (χ2v) is 6.55.